The molecule has 84 valence electrons. The van der Waals surface area contributed by atoms with E-state index in [-0.39, 0.29) is 18.9 Å². The molecule has 1 aromatic rings. The molecule has 1 aromatic heterocycles. The van der Waals surface area contributed by atoms with Gasteiger partial charge in [-0.3, -0.25) is 0 Å². The quantitative estimate of drug-likeness (QED) is 0.782. The lowest BCUT2D eigenvalue weighted by Gasteiger charge is -2.28. The Kier molecular flexibility index (Phi) is 2.40. The maximum absolute atomic E-state index is 12.9. The smallest absolute Gasteiger partial charge is 0.248 e. The van der Waals surface area contributed by atoms with Gasteiger partial charge in [-0.05, 0) is 19.8 Å². The molecule has 0 unspecified atom stereocenters. The molecule has 0 aromatic carbocycles. The van der Waals surface area contributed by atoms with Crippen molar-refractivity contribution in [2.45, 2.75) is 44.6 Å². The van der Waals surface area contributed by atoms with E-state index in [1.54, 1.807) is 10.7 Å². The monoisotopic (exact) mass is 215 g/mol. The number of nitrogen functional groups attached to an aromatic ring is 1. The van der Waals surface area contributed by atoms with Crippen molar-refractivity contribution in [3.8, 4) is 0 Å². The van der Waals surface area contributed by atoms with Crippen molar-refractivity contribution in [3.05, 3.63) is 11.8 Å². The maximum Gasteiger partial charge on any atom is 0.248 e. The summed E-state index contributed by atoms with van der Waals surface area (Å²) >= 11 is 0. The summed E-state index contributed by atoms with van der Waals surface area (Å²) in [7, 11) is 0. The molecule has 1 aliphatic carbocycles. The Morgan fingerprint density at radius 1 is 1.47 bits per heavy atom. The second-order valence-electron chi connectivity index (χ2n) is 4.24. The predicted molar refractivity (Wildman–Crippen MR) is 53.8 cm³/mol. The van der Waals surface area contributed by atoms with Crippen molar-refractivity contribution in [2.24, 2.45) is 0 Å². The van der Waals surface area contributed by atoms with Gasteiger partial charge < -0.3 is 5.73 Å². The molecule has 1 aliphatic rings. The summed E-state index contributed by atoms with van der Waals surface area (Å²) in [6.45, 7) is 1.85. The Hall–Kier alpha value is -1.13. The number of halogens is 2. The van der Waals surface area contributed by atoms with Crippen LogP contribution in [0, 0.1) is 6.92 Å². The van der Waals surface area contributed by atoms with Crippen LogP contribution in [0.1, 0.15) is 37.4 Å². The predicted octanol–water partition coefficient (Wildman–Crippen LogP) is 2.52. The number of hydrogen-bond donors (Lipinski definition) is 1. The van der Waals surface area contributed by atoms with E-state index >= 15 is 0 Å². The molecule has 3 nitrogen and oxygen atoms in total. The first kappa shape index (κ1) is 10.4. The minimum Gasteiger partial charge on any atom is -0.384 e. The van der Waals surface area contributed by atoms with Crippen molar-refractivity contribution in [2.75, 3.05) is 5.73 Å². The van der Waals surface area contributed by atoms with E-state index in [1.807, 2.05) is 6.92 Å². The standard InChI is InChI=1S/C10H15F2N3/c1-7-6-9(13)15(14-7)8-2-4-10(11,12)5-3-8/h6,8H,2-5,13H2,1H3. The second kappa shape index (κ2) is 3.47. The highest BCUT2D eigenvalue weighted by Gasteiger charge is 2.36. The van der Waals surface area contributed by atoms with Crippen molar-refractivity contribution in [1.82, 2.24) is 9.78 Å². The van der Waals surface area contributed by atoms with Gasteiger partial charge in [0.05, 0.1) is 11.7 Å². The molecule has 0 atom stereocenters. The molecule has 2 rings (SSSR count). The normalized spacial score (nSPS) is 21.8. The molecule has 0 aliphatic heterocycles. The fourth-order valence-electron chi connectivity index (χ4n) is 2.10. The van der Waals surface area contributed by atoms with Crippen molar-refractivity contribution >= 4 is 5.82 Å². The average molecular weight is 215 g/mol. The van der Waals surface area contributed by atoms with Crippen LogP contribution in [0.4, 0.5) is 14.6 Å². The lowest BCUT2D eigenvalue weighted by Crippen LogP contribution is -2.27. The fourth-order valence-corrected chi connectivity index (χ4v) is 2.10. The van der Waals surface area contributed by atoms with Gasteiger partial charge >= 0.3 is 0 Å². The zero-order valence-electron chi connectivity index (χ0n) is 8.71. The number of aryl methyl sites for hydroxylation is 1. The number of aromatic nitrogens is 2. The molecule has 2 N–H and O–H groups in total. The van der Waals surface area contributed by atoms with Crippen LogP contribution in [-0.4, -0.2) is 15.7 Å². The summed E-state index contributed by atoms with van der Waals surface area (Å²) in [4.78, 5) is 0. The van der Waals surface area contributed by atoms with E-state index in [0.29, 0.717) is 18.7 Å². The van der Waals surface area contributed by atoms with Crippen LogP contribution < -0.4 is 5.73 Å². The topological polar surface area (TPSA) is 43.8 Å². The summed E-state index contributed by atoms with van der Waals surface area (Å²) in [5, 5.41) is 4.23. The van der Waals surface area contributed by atoms with Crippen LogP contribution in [0.5, 0.6) is 0 Å². The number of rotatable bonds is 1. The van der Waals surface area contributed by atoms with Crippen LogP contribution in [0.3, 0.4) is 0 Å². The third-order valence-electron chi connectivity index (χ3n) is 2.92. The summed E-state index contributed by atoms with van der Waals surface area (Å²) < 4.78 is 27.6. The van der Waals surface area contributed by atoms with Crippen molar-refractivity contribution < 1.29 is 8.78 Å². The number of nitrogens with two attached hydrogens (primary N) is 1. The number of alkyl halides is 2. The first-order chi connectivity index (χ1) is 6.98. The molecule has 0 bridgehead atoms. The van der Waals surface area contributed by atoms with Gasteiger partial charge in [0.15, 0.2) is 0 Å². The van der Waals surface area contributed by atoms with Gasteiger partial charge in [-0.15, -0.1) is 0 Å². The molecule has 1 fully saturated rings. The zero-order valence-corrected chi connectivity index (χ0v) is 8.71. The van der Waals surface area contributed by atoms with Gasteiger partial charge in [0.25, 0.3) is 0 Å². The lowest BCUT2D eigenvalue weighted by atomic mass is 9.92. The second-order valence-corrected chi connectivity index (χ2v) is 4.24. The maximum atomic E-state index is 12.9. The minimum absolute atomic E-state index is 0.0401. The SMILES string of the molecule is Cc1cc(N)n(C2CCC(F)(F)CC2)n1. The first-order valence-electron chi connectivity index (χ1n) is 5.17. The summed E-state index contributed by atoms with van der Waals surface area (Å²) in [5.74, 6) is -1.92. The Morgan fingerprint density at radius 2 is 2.07 bits per heavy atom. The van der Waals surface area contributed by atoms with Gasteiger partial charge in [0.1, 0.15) is 5.82 Å². The van der Waals surface area contributed by atoms with Crippen LogP contribution >= 0.6 is 0 Å². The van der Waals surface area contributed by atoms with Gasteiger partial charge in [-0.25, -0.2) is 13.5 Å². The largest absolute Gasteiger partial charge is 0.384 e. The van der Waals surface area contributed by atoms with Gasteiger partial charge in [0.2, 0.25) is 5.92 Å². The molecular formula is C10H15F2N3. The first-order valence-corrected chi connectivity index (χ1v) is 5.17. The molecule has 0 radical (unpaired) electrons. The summed E-state index contributed by atoms with van der Waals surface area (Å²) in [5.41, 5.74) is 6.59. The highest BCUT2D eigenvalue weighted by Crippen LogP contribution is 2.38. The Bertz CT molecular complexity index is 350. The van der Waals surface area contributed by atoms with Crippen LogP contribution in [0.25, 0.3) is 0 Å². The van der Waals surface area contributed by atoms with E-state index in [2.05, 4.69) is 5.10 Å². The van der Waals surface area contributed by atoms with Crippen LogP contribution in [0.2, 0.25) is 0 Å². The lowest BCUT2D eigenvalue weighted by molar-refractivity contribution is -0.0448. The van der Waals surface area contributed by atoms with Crippen molar-refractivity contribution in [1.29, 1.82) is 0 Å². The van der Waals surface area contributed by atoms with E-state index in [4.69, 9.17) is 5.73 Å². The minimum atomic E-state index is -2.49. The fraction of sp³-hybridized carbons (Fsp3) is 0.700. The Morgan fingerprint density at radius 3 is 2.53 bits per heavy atom. The molecule has 0 saturated heterocycles. The summed E-state index contributed by atoms with van der Waals surface area (Å²) in [6, 6.07) is 1.81. The highest BCUT2D eigenvalue weighted by atomic mass is 19.3. The average Bonchev–Trinajstić information content (AvgIpc) is 2.45. The number of hydrogen-bond acceptors (Lipinski definition) is 2. The summed E-state index contributed by atoms with van der Waals surface area (Å²) in [6.07, 6.45) is 0.794. The molecule has 15 heavy (non-hydrogen) atoms. The van der Waals surface area contributed by atoms with E-state index in [1.165, 1.54) is 0 Å². The van der Waals surface area contributed by atoms with E-state index in [9.17, 15) is 8.78 Å². The van der Waals surface area contributed by atoms with E-state index < -0.39 is 5.92 Å². The zero-order chi connectivity index (χ0) is 11.1. The van der Waals surface area contributed by atoms with Gasteiger partial charge in [0, 0.05) is 18.9 Å². The Labute approximate surface area is 87.3 Å². The number of anilines is 1. The molecule has 5 heteroatoms. The van der Waals surface area contributed by atoms with Crippen LogP contribution in [0.15, 0.2) is 6.07 Å². The third kappa shape index (κ3) is 2.11. The molecule has 0 amide bonds. The molecule has 1 saturated carbocycles. The van der Waals surface area contributed by atoms with Gasteiger partial charge in [-0.1, -0.05) is 0 Å². The van der Waals surface area contributed by atoms with Gasteiger partial charge in [-0.2, -0.15) is 5.10 Å². The van der Waals surface area contributed by atoms with Crippen LogP contribution in [-0.2, 0) is 0 Å². The third-order valence-corrected chi connectivity index (χ3v) is 2.92. The molecule has 0 spiro atoms. The highest BCUT2D eigenvalue weighted by molar-refractivity contribution is 5.30. The number of nitrogens with zero attached hydrogens (tertiary/aromatic N) is 2. The molecule has 1 heterocycles. The van der Waals surface area contributed by atoms with E-state index in [0.717, 1.165) is 5.69 Å². The Balaban J connectivity index is 2.11. The molecular weight excluding hydrogens is 200 g/mol. The van der Waals surface area contributed by atoms with Crippen molar-refractivity contribution in [3.63, 3.8) is 0 Å².